The number of hydrogen-bond acceptors (Lipinski definition) is 3. The number of aryl methyl sites for hydroxylation is 1. The zero-order valence-electron chi connectivity index (χ0n) is 8.89. The Morgan fingerprint density at radius 1 is 1.41 bits per heavy atom. The van der Waals surface area contributed by atoms with Gasteiger partial charge < -0.3 is 5.11 Å². The number of thiazole rings is 1. The Hall–Kier alpha value is -1.39. The predicted octanol–water partition coefficient (Wildman–Crippen LogP) is 3.48. The van der Waals surface area contributed by atoms with Crippen molar-refractivity contribution >= 4 is 28.9 Å². The van der Waals surface area contributed by atoms with Crippen molar-refractivity contribution in [3.05, 3.63) is 40.5 Å². The van der Waals surface area contributed by atoms with Gasteiger partial charge in [-0.3, -0.25) is 4.79 Å². The van der Waals surface area contributed by atoms with Crippen LogP contribution in [0.5, 0.6) is 0 Å². The average Bonchev–Trinajstić information content (AvgIpc) is 2.75. The number of halogens is 1. The summed E-state index contributed by atoms with van der Waals surface area (Å²) in [5, 5.41) is 9.34. The normalized spacial score (nSPS) is 10.4. The molecule has 1 heterocycles. The third-order valence-electron chi connectivity index (χ3n) is 2.34. The van der Waals surface area contributed by atoms with Gasteiger partial charge in [-0.05, 0) is 6.07 Å². The van der Waals surface area contributed by atoms with Crippen molar-refractivity contribution in [1.82, 2.24) is 4.98 Å². The van der Waals surface area contributed by atoms with E-state index in [2.05, 4.69) is 4.98 Å². The molecular formula is C12H10ClNO2S. The van der Waals surface area contributed by atoms with Crippen molar-refractivity contribution < 1.29 is 9.90 Å². The Bertz CT molecular complexity index is 539. The maximum absolute atomic E-state index is 10.6. The summed E-state index contributed by atoms with van der Waals surface area (Å²) in [6.45, 7) is 0. The molecule has 2 aromatic rings. The van der Waals surface area contributed by atoms with Crippen LogP contribution in [0.4, 0.5) is 0 Å². The molecular weight excluding hydrogens is 258 g/mol. The number of carboxylic acid groups (broad SMARTS) is 1. The summed E-state index contributed by atoms with van der Waals surface area (Å²) in [6.07, 6.45) is 0.514. The van der Waals surface area contributed by atoms with E-state index in [0.717, 1.165) is 16.1 Å². The van der Waals surface area contributed by atoms with Crippen LogP contribution in [0.3, 0.4) is 0 Å². The quantitative estimate of drug-likeness (QED) is 0.923. The van der Waals surface area contributed by atoms with Gasteiger partial charge in [0.15, 0.2) is 0 Å². The van der Waals surface area contributed by atoms with E-state index in [1.807, 2.05) is 24.3 Å². The third kappa shape index (κ3) is 2.84. The molecule has 0 amide bonds. The molecule has 3 nitrogen and oxygen atoms in total. The SMILES string of the molecule is O=C(O)CCc1ncsc1-c1ccccc1Cl. The van der Waals surface area contributed by atoms with Gasteiger partial charge >= 0.3 is 5.97 Å². The fourth-order valence-corrected chi connectivity index (χ4v) is 2.70. The highest BCUT2D eigenvalue weighted by Crippen LogP contribution is 2.33. The topological polar surface area (TPSA) is 50.2 Å². The molecule has 0 fully saturated rings. The highest BCUT2D eigenvalue weighted by atomic mass is 35.5. The molecule has 0 saturated carbocycles. The van der Waals surface area contributed by atoms with Gasteiger partial charge in [-0.25, -0.2) is 4.98 Å². The Balaban J connectivity index is 2.31. The molecule has 0 aliphatic rings. The van der Waals surface area contributed by atoms with Crippen molar-refractivity contribution in [2.45, 2.75) is 12.8 Å². The minimum absolute atomic E-state index is 0.0845. The molecule has 1 aromatic heterocycles. The second kappa shape index (κ2) is 5.29. The van der Waals surface area contributed by atoms with Gasteiger partial charge in [-0.15, -0.1) is 11.3 Å². The van der Waals surface area contributed by atoms with E-state index in [9.17, 15) is 4.79 Å². The highest BCUT2D eigenvalue weighted by Gasteiger charge is 2.12. The highest BCUT2D eigenvalue weighted by molar-refractivity contribution is 7.13. The molecule has 88 valence electrons. The number of benzene rings is 1. The molecule has 0 radical (unpaired) electrons. The third-order valence-corrected chi connectivity index (χ3v) is 3.57. The Labute approximate surface area is 108 Å². The Kier molecular flexibility index (Phi) is 3.76. The zero-order chi connectivity index (χ0) is 12.3. The molecule has 0 spiro atoms. The summed E-state index contributed by atoms with van der Waals surface area (Å²) < 4.78 is 0. The van der Waals surface area contributed by atoms with Gasteiger partial charge in [-0.2, -0.15) is 0 Å². The monoisotopic (exact) mass is 267 g/mol. The van der Waals surface area contributed by atoms with Gasteiger partial charge in [0.1, 0.15) is 0 Å². The minimum Gasteiger partial charge on any atom is -0.481 e. The molecule has 2 rings (SSSR count). The number of rotatable bonds is 4. The van der Waals surface area contributed by atoms with Crippen LogP contribution in [0.2, 0.25) is 5.02 Å². The fraction of sp³-hybridized carbons (Fsp3) is 0.167. The largest absolute Gasteiger partial charge is 0.481 e. The molecule has 0 bridgehead atoms. The fourth-order valence-electron chi connectivity index (χ4n) is 1.54. The molecule has 1 N–H and O–H groups in total. The maximum Gasteiger partial charge on any atom is 0.303 e. The van der Waals surface area contributed by atoms with E-state index in [1.54, 1.807) is 5.51 Å². The van der Waals surface area contributed by atoms with Crippen LogP contribution < -0.4 is 0 Å². The number of aromatic nitrogens is 1. The van der Waals surface area contributed by atoms with Crippen molar-refractivity contribution in [2.75, 3.05) is 0 Å². The number of nitrogens with zero attached hydrogens (tertiary/aromatic N) is 1. The van der Waals surface area contributed by atoms with Crippen LogP contribution in [0.1, 0.15) is 12.1 Å². The first-order valence-electron chi connectivity index (χ1n) is 5.07. The summed E-state index contributed by atoms with van der Waals surface area (Å²) in [6, 6.07) is 7.50. The Morgan fingerprint density at radius 2 is 2.18 bits per heavy atom. The number of carbonyl (C=O) groups is 1. The van der Waals surface area contributed by atoms with Crippen LogP contribution in [-0.2, 0) is 11.2 Å². The smallest absolute Gasteiger partial charge is 0.303 e. The first-order valence-corrected chi connectivity index (χ1v) is 6.33. The lowest BCUT2D eigenvalue weighted by Gasteiger charge is -2.03. The predicted molar refractivity (Wildman–Crippen MR) is 68.5 cm³/mol. The lowest BCUT2D eigenvalue weighted by Crippen LogP contribution is -1.98. The van der Waals surface area contributed by atoms with Crippen molar-refractivity contribution in [3.63, 3.8) is 0 Å². The van der Waals surface area contributed by atoms with Gasteiger partial charge in [0.2, 0.25) is 0 Å². The van der Waals surface area contributed by atoms with Crippen LogP contribution in [0, 0.1) is 0 Å². The molecule has 0 saturated heterocycles. The van der Waals surface area contributed by atoms with Crippen molar-refractivity contribution in [2.24, 2.45) is 0 Å². The van der Waals surface area contributed by atoms with E-state index < -0.39 is 5.97 Å². The van der Waals surface area contributed by atoms with Crippen LogP contribution in [-0.4, -0.2) is 16.1 Å². The van der Waals surface area contributed by atoms with Gasteiger partial charge in [0.05, 0.1) is 22.5 Å². The summed E-state index contributed by atoms with van der Waals surface area (Å²) in [5.74, 6) is -0.817. The van der Waals surface area contributed by atoms with Crippen LogP contribution in [0.15, 0.2) is 29.8 Å². The number of carboxylic acids is 1. The minimum atomic E-state index is -0.817. The molecule has 5 heteroatoms. The van der Waals surface area contributed by atoms with E-state index in [0.29, 0.717) is 11.4 Å². The number of aliphatic carboxylic acids is 1. The van der Waals surface area contributed by atoms with Gasteiger partial charge in [-0.1, -0.05) is 29.8 Å². The second-order valence-corrected chi connectivity index (χ2v) is 4.76. The van der Waals surface area contributed by atoms with E-state index in [4.69, 9.17) is 16.7 Å². The van der Waals surface area contributed by atoms with Crippen LogP contribution in [0.25, 0.3) is 10.4 Å². The lowest BCUT2D eigenvalue weighted by molar-refractivity contribution is -0.136. The average molecular weight is 268 g/mol. The zero-order valence-corrected chi connectivity index (χ0v) is 10.5. The van der Waals surface area contributed by atoms with Gasteiger partial charge in [0, 0.05) is 17.0 Å². The second-order valence-electron chi connectivity index (χ2n) is 3.50. The van der Waals surface area contributed by atoms with E-state index >= 15 is 0 Å². The van der Waals surface area contributed by atoms with Crippen molar-refractivity contribution in [1.29, 1.82) is 0 Å². The molecule has 0 aliphatic heterocycles. The molecule has 17 heavy (non-hydrogen) atoms. The first-order chi connectivity index (χ1) is 8.18. The van der Waals surface area contributed by atoms with E-state index in [1.165, 1.54) is 11.3 Å². The van der Waals surface area contributed by atoms with Gasteiger partial charge in [0.25, 0.3) is 0 Å². The molecule has 0 unspecified atom stereocenters. The first kappa shape index (κ1) is 12.1. The maximum atomic E-state index is 10.6. The van der Waals surface area contributed by atoms with Crippen LogP contribution >= 0.6 is 22.9 Å². The molecule has 0 aliphatic carbocycles. The Morgan fingerprint density at radius 3 is 2.88 bits per heavy atom. The molecule has 1 aromatic carbocycles. The summed E-state index contributed by atoms with van der Waals surface area (Å²) in [5.41, 5.74) is 3.43. The lowest BCUT2D eigenvalue weighted by atomic mass is 10.1. The summed E-state index contributed by atoms with van der Waals surface area (Å²) in [7, 11) is 0. The van der Waals surface area contributed by atoms with E-state index in [-0.39, 0.29) is 6.42 Å². The standard InChI is InChI=1S/C12H10ClNO2S/c13-9-4-2-1-3-8(9)12-10(14-7-17-12)5-6-11(15)16/h1-4,7H,5-6H2,(H,15,16). The number of hydrogen-bond donors (Lipinski definition) is 1. The summed E-state index contributed by atoms with van der Waals surface area (Å²) in [4.78, 5) is 15.7. The summed E-state index contributed by atoms with van der Waals surface area (Å²) >= 11 is 7.59. The molecule has 0 atom stereocenters. The van der Waals surface area contributed by atoms with Crippen molar-refractivity contribution in [3.8, 4) is 10.4 Å².